The van der Waals surface area contributed by atoms with E-state index in [1.807, 2.05) is 4.90 Å². The number of carboxylic acids is 1. The van der Waals surface area contributed by atoms with Crippen molar-refractivity contribution in [3.8, 4) is 11.8 Å². The molecular formula is C27H27F3N2O4. The molecule has 2 aromatic rings. The molecule has 6 nitrogen and oxygen atoms in total. The third-order valence-electron chi connectivity index (χ3n) is 8.09. The van der Waals surface area contributed by atoms with Gasteiger partial charge in [0.25, 0.3) is 5.91 Å². The number of hydrogen-bond donors (Lipinski definition) is 1. The molecule has 2 saturated heterocycles. The lowest BCUT2D eigenvalue weighted by Gasteiger charge is -2.37. The summed E-state index contributed by atoms with van der Waals surface area (Å²) in [6.45, 7) is 0. The van der Waals surface area contributed by atoms with Crippen molar-refractivity contribution >= 4 is 22.6 Å². The number of hydrogen-bond acceptors (Lipinski definition) is 4. The van der Waals surface area contributed by atoms with E-state index in [2.05, 4.69) is 6.07 Å². The summed E-state index contributed by atoms with van der Waals surface area (Å²) in [7, 11) is 0. The maximum Gasteiger partial charge on any atom is 0.391 e. The summed E-state index contributed by atoms with van der Waals surface area (Å²) in [5.74, 6) is -2.31. The molecule has 1 N–H and O–H groups in total. The molecule has 2 unspecified atom stereocenters. The van der Waals surface area contributed by atoms with E-state index in [0.717, 1.165) is 12.8 Å². The van der Waals surface area contributed by atoms with Gasteiger partial charge in [-0.15, -0.1) is 0 Å². The highest BCUT2D eigenvalue weighted by Crippen LogP contribution is 2.41. The summed E-state index contributed by atoms with van der Waals surface area (Å²) in [5.41, 5.74) is 0.781. The van der Waals surface area contributed by atoms with Crippen LogP contribution in [0.15, 0.2) is 30.3 Å². The van der Waals surface area contributed by atoms with E-state index in [1.54, 1.807) is 30.3 Å². The number of benzene rings is 2. The fraction of sp³-hybridized carbons (Fsp3) is 0.519. The molecule has 1 amide bonds. The first-order valence-corrected chi connectivity index (χ1v) is 12.4. The number of ether oxygens (including phenoxy) is 1. The van der Waals surface area contributed by atoms with Crippen molar-refractivity contribution in [3.05, 3.63) is 41.5 Å². The van der Waals surface area contributed by atoms with Gasteiger partial charge in [0.2, 0.25) is 0 Å². The minimum absolute atomic E-state index is 0.0147. The molecule has 1 saturated carbocycles. The molecule has 2 bridgehead atoms. The molecule has 36 heavy (non-hydrogen) atoms. The second-order valence-corrected chi connectivity index (χ2v) is 10.2. The summed E-state index contributed by atoms with van der Waals surface area (Å²) in [6, 6.07) is 10.5. The quantitative estimate of drug-likeness (QED) is 0.583. The first-order valence-electron chi connectivity index (χ1n) is 12.4. The van der Waals surface area contributed by atoms with Crippen molar-refractivity contribution < 1.29 is 32.6 Å². The van der Waals surface area contributed by atoms with E-state index in [9.17, 15) is 33.1 Å². The van der Waals surface area contributed by atoms with Crippen molar-refractivity contribution in [2.24, 2.45) is 11.8 Å². The highest BCUT2D eigenvalue weighted by Gasteiger charge is 2.45. The maximum atomic E-state index is 13.4. The number of nitrogens with zero attached hydrogens (tertiary/aromatic N) is 2. The number of carbonyl (C=O) groups is 2. The first kappa shape index (κ1) is 24.4. The Morgan fingerprint density at radius 3 is 2.25 bits per heavy atom. The second-order valence-electron chi connectivity index (χ2n) is 10.2. The summed E-state index contributed by atoms with van der Waals surface area (Å²) in [6.07, 6.45) is -1.43. The lowest BCUT2D eigenvalue weighted by molar-refractivity contribution is -0.185. The Kier molecular flexibility index (Phi) is 6.31. The minimum Gasteiger partial charge on any atom is -0.489 e. The van der Waals surface area contributed by atoms with Crippen LogP contribution in [0.1, 0.15) is 67.3 Å². The number of halogens is 3. The van der Waals surface area contributed by atoms with Gasteiger partial charge in [-0.1, -0.05) is 12.1 Å². The number of aliphatic carboxylic acids is 1. The predicted molar refractivity (Wildman–Crippen MR) is 124 cm³/mol. The van der Waals surface area contributed by atoms with Gasteiger partial charge in [0.1, 0.15) is 17.4 Å². The fourth-order valence-electron chi connectivity index (χ4n) is 6.20. The molecular weight excluding hydrogens is 473 g/mol. The molecule has 3 aliphatic rings. The van der Waals surface area contributed by atoms with Crippen molar-refractivity contribution in [1.82, 2.24) is 4.90 Å². The standard InChI is InChI=1S/C27H27F3N2O4/c28-27(29,30)18-3-7-21(8-4-18)36-24-10-2-15-11-16(1-9-22(15)23(24)14-31)25(33)32-19-5-6-20(32)13-17(12-19)26(34)35/h1-2,9-11,17-21H,3-8,12-13H2,(H,34,35)/t17?,18-,19?,20?,21+. The van der Waals surface area contributed by atoms with Crippen LogP contribution in [0.3, 0.4) is 0 Å². The molecule has 0 radical (unpaired) electrons. The SMILES string of the molecule is N#Cc1c(O[C@H]2CC[C@@H](C(F)(F)F)CC2)ccc2cc(C(=O)N3C4CCC3CC(C(=O)O)C4)ccc12. The normalized spacial score (nSPS) is 28.1. The molecule has 0 spiro atoms. The Morgan fingerprint density at radius 2 is 1.67 bits per heavy atom. The summed E-state index contributed by atoms with van der Waals surface area (Å²) in [5, 5.41) is 20.5. The number of fused-ring (bicyclic) bond motifs is 3. The molecule has 0 aromatic heterocycles. The van der Waals surface area contributed by atoms with E-state index in [1.165, 1.54) is 0 Å². The van der Waals surface area contributed by atoms with Gasteiger partial charge in [-0.05, 0) is 75.0 Å². The summed E-state index contributed by atoms with van der Waals surface area (Å²) < 4.78 is 44.8. The zero-order valence-corrected chi connectivity index (χ0v) is 19.6. The Labute approximate surface area is 206 Å². The van der Waals surface area contributed by atoms with Gasteiger partial charge in [0.15, 0.2) is 0 Å². The maximum absolute atomic E-state index is 13.4. The molecule has 5 rings (SSSR count). The van der Waals surface area contributed by atoms with E-state index in [-0.39, 0.29) is 49.8 Å². The van der Waals surface area contributed by atoms with E-state index < -0.39 is 24.0 Å². The lowest BCUT2D eigenvalue weighted by atomic mass is 9.87. The Balaban J connectivity index is 1.33. The number of carboxylic acid groups (broad SMARTS) is 1. The fourth-order valence-corrected chi connectivity index (χ4v) is 6.20. The van der Waals surface area contributed by atoms with Crippen molar-refractivity contribution in [1.29, 1.82) is 5.26 Å². The van der Waals surface area contributed by atoms with Gasteiger partial charge in [0, 0.05) is 23.0 Å². The Hall–Kier alpha value is -3.28. The van der Waals surface area contributed by atoms with Crippen LogP contribution < -0.4 is 4.74 Å². The van der Waals surface area contributed by atoms with Gasteiger partial charge >= 0.3 is 12.1 Å². The predicted octanol–water partition coefficient (Wildman–Crippen LogP) is 5.68. The van der Waals surface area contributed by atoms with Gasteiger partial charge in [0.05, 0.1) is 17.9 Å². The molecule has 1 aliphatic carbocycles. The average Bonchev–Trinajstić information content (AvgIpc) is 3.11. The zero-order chi connectivity index (χ0) is 25.6. The number of alkyl halides is 3. The third kappa shape index (κ3) is 4.49. The number of nitriles is 1. The van der Waals surface area contributed by atoms with Crippen LogP contribution in [-0.2, 0) is 4.79 Å². The van der Waals surface area contributed by atoms with Gasteiger partial charge < -0.3 is 14.7 Å². The monoisotopic (exact) mass is 500 g/mol. The molecule has 3 fully saturated rings. The van der Waals surface area contributed by atoms with Crippen LogP contribution in [-0.4, -0.2) is 46.2 Å². The Bertz CT molecular complexity index is 1220. The zero-order valence-electron chi connectivity index (χ0n) is 19.6. The summed E-state index contributed by atoms with van der Waals surface area (Å²) in [4.78, 5) is 26.7. The minimum atomic E-state index is -4.19. The third-order valence-corrected chi connectivity index (χ3v) is 8.09. The molecule has 2 atom stereocenters. The van der Waals surface area contributed by atoms with Crippen molar-refractivity contribution in [2.75, 3.05) is 0 Å². The second kappa shape index (κ2) is 9.30. The van der Waals surface area contributed by atoms with Crippen LogP contribution in [0.25, 0.3) is 10.8 Å². The lowest BCUT2D eigenvalue weighted by Crippen LogP contribution is -2.47. The van der Waals surface area contributed by atoms with Gasteiger partial charge in [-0.3, -0.25) is 9.59 Å². The van der Waals surface area contributed by atoms with Crippen molar-refractivity contribution in [2.45, 2.75) is 75.7 Å². The molecule has 190 valence electrons. The highest BCUT2D eigenvalue weighted by molar-refractivity contribution is 6.00. The van der Waals surface area contributed by atoms with E-state index >= 15 is 0 Å². The smallest absolute Gasteiger partial charge is 0.391 e. The van der Waals surface area contributed by atoms with Crippen LogP contribution in [0.2, 0.25) is 0 Å². The molecule has 2 aliphatic heterocycles. The van der Waals surface area contributed by atoms with Crippen LogP contribution >= 0.6 is 0 Å². The average molecular weight is 501 g/mol. The number of carbonyl (C=O) groups excluding carboxylic acids is 1. The molecule has 2 heterocycles. The summed E-state index contributed by atoms with van der Waals surface area (Å²) >= 11 is 0. The topological polar surface area (TPSA) is 90.6 Å². The van der Waals surface area contributed by atoms with Crippen LogP contribution in [0.5, 0.6) is 5.75 Å². The number of amides is 1. The highest BCUT2D eigenvalue weighted by atomic mass is 19.4. The van der Waals surface area contributed by atoms with Gasteiger partial charge in [-0.2, -0.15) is 18.4 Å². The van der Waals surface area contributed by atoms with E-state index in [0.29, 0.717) is 40.5 Å². The van der Waals surface area contributed by atoms with E-state index in [4.69, 9.17) is 4.74 Å². The van der Waals surface area contributed by atoms with Crippen LogP contribution in [0.4, 0.5) is 13.2 Å². The van der Waals surface area contributed by atoms with Crippen LogP contribution in [0, 0.1) is 23.2 Å². The van der Waals surface area contributed by atoms with Gasteiger partial charge in [-0.25, -0.2) is 0 Å². The number of rotatable bonds is 4. The Morgan fingerprint density at radius 1 is 1.00 bits per heavy atom. The number of piperidine rings is 1. The molecule has 2 aromatic carbocycles. The largest absolute Gasteiger partial charge is 0.489 e. The van der Waals surface area contributed by atoms with Crippen molar-refractivity contribution in [3.63, 3.8) is 0 Å². The molecule has 9 heteroatoms. The first-order chi connectivity index (χ1) is 17.2.